The van der Waals surface area contributed by atoms with E-state index in [1.54, 1.807) is 24.3 Å². The molecule has 134 valence electrons. The number of amides is 2. The predicted molar refractivity (Wildman–Crippen MR) is 98.9 cm³/mol. The van der Waals surface area contributed by atoms with Crippen LogP contribution in [0.25, 0.3) is 5.57 Å². The van der Waals surface area contributed by atoms with Crippen LogP contribution in [0.1, 0.15) is 12.5 Å². The second-order valence-electron chi connectivity index (χ2n) is 5.71. The van der Waals surface area contributed by atoms with Crippen molar-refractivity contribution in [3.8, 4) is 11.5 Å². The Hall–Kier alpha value is -3.28. The molecule has 3 rings (SSSR count). The molecule has 2 aromatic carbocycles. The minimum absolute atomic E-state index is 0.218. The Morgan fingerprint density at radius 1 is 1.04 bits per heavy atom. The van der Waals surface area contributed by atoms with Gasteiger partial charge in [0.15, 0.2) is 0 Å². The third-order valence-corrected chi connectivity index (χ3v) is 4.08. The molecule has 6 heteroatoms. The highest BCUT2D eigenvalue weighted by Gasteiger charge is 2.37. The predicted octanol–water partition coefficient (Wildman–Crippen LogP) is 2.92. The smallest absolute Gasteiger partial charge is 0.277 e. The Bertz CT molecular complexity index is 889. The summed E-state index contributed by atoms with van der Waals surface area (Å²) in [7, 11) is 2.99. The van der Waals surface area contributed by atoms with Crippen LogP contribution in [-0.2, 0) is 9.59 Å². The molecule has 1 aliphatic rings. The highest BCUT2D eigenvalue weighted by Crippen LogP contribution is 2.34. The van der Waals surface area contributed by atoms with E-state index in [0.717, 1.165) is 4.90 Å². The van der Waals surface area contributed by atoms with Crippen molar-refractivity contribution in [1.29, 1.82) is 0 Å². The van der Waals surface area contributed by atoms with Gasteiger partial charge in [0.05, 0.1) is 19.3 Å². The molecule has 0 saturated heterocycles. The molecule has 0 fully saturated rings. The number of nitrogens with one attached hydrogen (secondary N) is 1. The van der Waals surface area contributed by atoms with Crippen LogP contribution in [0, 0.1) is 0 Å². The first-order valence-corrected chi connectivity index (χ1v) is 8.26. The number of methoxy groups -OCH3 is 1. The number of hydrogen-bond donors (Lipinski definition) is 1. The van der Waals surface area contributed by atoms with Crippen LogP contribution in [0.3, 0.4) is 0 Å². The number of carbonyl (C=O) groups is 2. The average molecular weight is 352 g/mol. The fraction of sp³-hybridized carbons (Fsp3) is 0.200. The first kappa shape index (κ1) is 17.5. The zero-order chi connectivity index (χ0) is 18.7. The van der Waals surface area contributed by atoms with E-state index in [4.69, 9.17) is 9.47 Å². The van der Waals surface area contributed by atoms with Crippen molar-refractivity contribution in [3.05, 3.63) is 59.8 Å². The van der Waals surface area contributed by atoms with Gasteiger partial charge in [0, 0.05) is 24.4 Å². The lowest BCUT2D eigenvalue weighted by Crippen LogP contribution is -2.27. The van der Waals surface area contributed by atoms with Gasteiger partial charge >= 0.3 is 0 Å². The maximum Gasteiger partial charge on any atom is 0.277 e. The molecule has 0 spiro atoms. The molecule has 0 aromatic heterocycles. The largest absolute Gasteiger partial charge is 0.496 e. The molecule has 1 heterocycles. The van der Waals surface area contributed by atoms with E-state index < -0.39 is 5.91 Å². The highest BCUT2D eigenvalue weighted by atomic mass is 16.5. The molecule has 6 nitrogen and oxygen atoms in total. The summed E-state index contributed by atoms with van der Waals surface area (Å²) < 4.78 is 10.9. The van der Waals surface area contributed by atoms with Gasteiger partial charge in [-0.1, -0.05) is 24.3 Å². The summed E-state index contributed by atoms with van der Waals surface area (Å²) in [6.07, 6.45) is 0. The number of likely N-dealkylation sites (N-methyl/N-ethyl adjacent to an activating group) is 1. The Balaban J connectivity index is 2.08. The summed E-state index contributed by atoms with van der Waals surface area (Å²) in [5, 5.41) is 3.08. The molecule has 0 aliphatic carbocycles. The van der Waals surface area contributed by atoms with Crippen molar-refractivity contribution in [1.82, 2.24) is 4.90 Å². The quantitative estimate of drug-likeness (QED) is 0.810. The van der Waals surface area contributed by atoms with Crippen molar-refractivity contribution in [2.45, 2.75) is 6.92 Å². The van der Waals surface area contributed by atoms with Crippen LogP contribution in [0.4, 0.5) is 5.69 Å². The van der Waals surface area contributed by atoms with E-state index >= 15 is 0 Å². The monoisotopic (exact) mass is 352 g/mol. The Morgan fingerprint density at radius 2 is 1.81 bits per heavy atom. The normalized spacial score (nSPS) is 14.0. The van der Waals surface area contributed by atoms with Gasteiger partial charge in [-0.2, -0.15) is 0 Å². The number of carbonyl (C=O) groups excluding carboxylic acids is 2. The van der Waals surface area contributed by atoms with Gasteiger partial charge in [-0.3, -0.25) is 14.5 Å². The average Bonchev–Trinajstić information content (AvgIpc) is 2.86. The molecule has 0 bridgehead atoms. The van der Waals surface area contributed by atoms with E-state index in [9.17, 15) is 9.59 Å². The maximum atomic E-state index is 12.7. The van der Waals surface area contributed by atoms with Gasteiger partial charge in [-0.25, -0.2) is 0 Å². The minimum Gasteiger partial charge on any atom is -0.496 e. The highest BCUT2D eigenvalue weighted by molar-refractivity contribution is 6.36. The zero-order valence-corrected chi connectivity index (χ0v) is 14.9. The topological polar surface area (TPSA) is 67.9 Å². The number of rotatable bonds is 6. The molecule has 1 aliphatic heterocycles. The lowest BCUT2D eigenvalue weighted by Gasteiger charge is -2.11. The van der Waals surface area contributed by atoms with Crippen LogP contribution in [0.5, 0.6) is 11.5 Å². The lowest BCUT2D eigenvalue weighted by atomic mass is 10.0. The first-order chi connectivity index (χ1) is 12.6. The second kappa shape index (κ2) is 7.31. The lowest BCUT2D eigenvalue weighted by molar-refractivity contribution is -0.135. The number of anilines is 1. The van der Waals surface area contributed by atoms with E-state index in [1.165, 1.54) is 14.2 Å². The van der Waals surface area contributed by atoms with Crippen molar-refractivity contribution in [3.63, 3.8) is 0 Å². The number of imide groups is 1. The molecule has 0 atom stereocenters. The third kappa shape index (κ3) is 3.13. The molecule has 0 unspecified atom stereocenters. The summed E-state index contributed by atoms with van der Waals surface area (Å²) in [6, 6.07) is 14.4. The maximum absolute atomic E-state index is 12.7. The Kier molecular flexibility index (Phi) is 4.93. The van der Waals surface area contributed by atoms with Crippen molar-refractivity contribution in [2.24, 2.45) is 0 Å². The van der Waals surface area contributed by atoms with Crippen LogP contribution in [0.15, 0.2) is 54.2 Å². The van der Waals surface area contributed by atoms with Crippen LogP contribution in [0.2, 0.25) is 0 Å². The molecule has 2 aromatic rings. The van der Waals surface area contributed by atoms with Gasteiger partial charge in [-0.05, 0) is 25.1 Å². The molecule has 0 saturated carbocycles. The first-order valence-electron chi connectivity index (χ1n) is 8.26. The van der Waals surface area contributed by atoms with E-state index in [-0.39, 0.29) is 17.2 Å². The van der Waals surface area contributed by atoms with Crippen molar-refractivity contribution in [2.75, 3.05) is 26.1 Å². The molecule has 0 radical (unpaired) electrons. The fourth-order valence-electron chi connectivity index (χ4n) is 2.83. The number of nitrogens with zero attached hydrogens (tertiary/aromatic N) is 1. The Labute approximate surface area is 152 Å². The molecule has 2 amide bonds. The third-order valence-electron chi connectivity index (χ3n) is 4.08. The molecular weight excluding hydrogens is 332 g/mol. The van der Waals surface area contributed by atoms with Crippen molar-refractivity contribution >= 4 is 23.1 Å². The van der Waals surface area contributed by atoms with Gasteiger partial charge in [0.2, 0.25) is 0 Å². The summed E-state index contributed by atoms with van der Waals surface area (Å²) in [6.45, 7) is 2.44. The fourth-order valence-corrected chi connectivity index (χ4v) is 2.83. The van der Waals surface area contributed by atoms with E-state index in [0.29, 0.717) is 29.4 Å². The summed E-state index contributed by atoms with van der Waals surface area (Å²) >= 11 is 0. The summed E-state index contributed by atoms with van der Waals surface area (Å²) in [4.78, 5) is 26.4. The zero-order valence-electron chi connectivity index (χ0n) is 14.9. The van der Waals surface area contributed by atoms with Gasteiger partial charge < -0.3 is 14.8 Å². The standard InChI is InChI=1S/C20H20N2O4/c1-4-26-14-9-7-8-13(12-14)21-18-17(19(23)22(2)20(18)24)15-10-5-6-11-16(15)25-3/h5-12,21H,4H2,1-3H3. The number of hydrogen-bond acceptors (Lipinski definition) is 5. The molecular formula is C20H20N2O4. The number of benzene rings is 2. The van der Waals surface area contributed by atoms with Crippen LogP contribution in [-0.4, -0.2) is 37.5 Å². The van der Waals surface area contributed by atoms with E-state index in [2.05, 4.69) is 5.32 Å². The number of ether oxygens (including phenoxy) is 2. The van der Waals surface area contributed by atoms with Gasteiger partial charge in [-0.15, -0.1) is 0 Å². The molecule has 1 N–H and O–H groups in total. The Morgan fingerprint density at radius 3 is 2.54 bits per heavy atom. The van der Waals surface area contributed by atoms with E-state index in [1.807, 2.05) is 31.2 Å². The van der Waals surface area contributed by atoms with Crippen LogP contribution >= 0.6 is 0 Å². The summed E-state index contributed by atoms with van der Waals surface area (Å²) in [5.41, 5.74) is 1.74. The number of para-hydroxylation sites is 1. The minimum atomic E-state index is -0.391. The molecule has 26 heavy (non-hydrogen) atoms. The van der Waals surface area contributed by atoms with Crippen molar-refractivity contribution < 1.29 is 19.1 Å². The second-order valence-corrected chi connectivity index (χ2v) is 5.71. The van der Waals surface area contributed by atoms with Gasteiger partial charge in [0.1, 0.15) is 17.2 Å². The van der Waals surface area contributed by atoms with Gasteiger partial charge in [0.25, 0.3) is 11.8 Å². The summed E-state index contributed by atoms with van der Waals surface area (Å²) in [5.74, 6) is 0.448. The SMILES string of the molecule is CCOc1cccc(NC2=C(c3ccccc3OC)C(=O)N(C)C2=O)c1. The van der Waals surface area contributed by atoms with Crippen LogP contribution < -0.4 is 14.8 Å².